The fourth-order valence-corrected chi connectivity index (χ4v) is 4.65. The van der Waals surface area contributed by atoms with Gasteiger partial charge in [-0.05, 0) is 69.2 Å². The van der Waals surface area contributed by atoms with Crippen molar-refractivity contribution in [2.75, 3.05) is 0 Å². The van der Waals surface area contributed by atoms with Gasteiger partial charge in [-0.3, -0.25) is 9.59 Å². The summed E-state index contributed by atoms with van der Waals surface area (Å²) < 4.78 is 11.5. The molecule has 2 aliphatic carbocycles. The molecule has 2 aliphatic rings. The van der Waals surface area contributed by atoms with Gasteiger partial charge >= 0.3 is 11.9 Å². The van der Waals surface area contributed by atoms with E-state index in [0.717, 1.165) is 28.7 Å². The third-order valence-corrected chi connectivity index (χ3v) is 6.09. The Balaban J connectivity index is 1.55. The maximum Gasteiger partial charge on any atom is 0.315 e. The Hall–Kier alpha value is -2.88. The second kappa shape index (κ2) is 7.51. The highest BCUT2D eigenvalue weighted by Gasteiger charge is 2.53. The number of hydrogen-bond acceptors (Lipinski definition) is 4. The van der Waals surface area contributed by atoms with Gasteiger partial charge in [0, 0.05) is 0 Å². The van der Waals surface area contributed by atoms with E-state index < -0.39 is 11.8 Å². The average molecular weight is 390 g/mol. The van der Waals surface area contributed by atoms with Crippen molar-refractivity contribution in [3.8, 4) is 11.5 Å². The van der Waals surface area contributed by atoms with Crippen molar-refractivity contribution >= 4 is 11.9 Å². The molecule has 150 valence electrons. The van der Waals surface area contributed by atoms with Crippen molar-refractivity contribution in [2.24, 2.45) is 23.7 Å². The number of ether oxygens (including phenoxy) is 2. The summed E-state index contributed by atoms with van der Waals surface area (Å²) in [4.78, 5) is 26.1. The minimum atomic E-state index is -0.510. The Bertz CT molecular complexity index is 924. The van der Waals surface area contributed by atoms with Crippen LogP contribution in [0.1, 0.15) is 28.7 Å². The first kappa shape index (κ1) is 19.4. The zero-order valence-electron chi connectivity index (χ0n) is 17.3. The molecular weight excluding hydrogens is 364 g/mol. The van der Waals surface area contributed by atoms with Gasteiger partial charge in [-0.1, -0.05) is 47.5 Å². The summed E-state index contributed by atoms with van der Waals surface area (Å²) in [6, 6.07) is 11.4. The summed E-state index contributed by atoms with van der Waals surface area (Å²) in [5.74, 6) is -0.576. The Labute approximate surface area is 171 Å². The maximum atomic E-state index is 13.1. The predicted molar refractivity (Wildman–Crippen MR) is 111 cm³/mol. The summed E-state index contributed by atoms with van der Waals surface area (Å²) in [7, 11) is 0. The Morgan fingerprint density at radius 3 is 1.52 bits per heavy atom. The van der Waals surface area contributed by atoms with Crippen LogP contribution in [0.2, 0.25) is 0 Å². The lowest BCUT2D eigenvalue weighted by atomic mass is 9.83. The van der Waals surface area contributed by atoms with E-state index >= 15 is 0 Å². The van der Waals surface area contributed by atoms with Gasteiger partial charge in [-0.15, -0.1) is 0 Å². The van der Waals surface area contributed by atoms with E-state index in [9.17, 15) is 9.59 Å². The molecular formula is C25H26O4. The molecule has 4 atom stereocenters. The number of fused-ring (bicyclic) bond motifs is 2. The van der Waals surface area contributed by atoms with Gasteiger partial charge in [0.1, 0.15) is 11.5 Å². The van der Waals surface area contributed by atoms with Crippen molar-refractivity contribution in [1.82, 2.24) is 0 Å². The minimum Gasteiger partial charge on any atom is -0.426 e. The number of carbonyl (C=O) groups excluding carboxylic acids is 2. The highest BCUT2D eigenvalue weighted by atomic mass is 16.5. The standard InChI is InChI=1S/C25H26O4/c1-14-5-9-20(16(3)11-14)28-24(26)22-18-7-8-19(13-18)23(22)25(27)29-21-10-6-15(2)12-17(21)4/h5-12,18-19,22-23H,13H2,1-4H3. The lowest BCUT2D eigenvalue weighted by Gasteiger charge is -2.25. The number of benzene rings is 2. The van der Waals surface area contributed by atoms with Crippen LogP contribution < -0.4 is 9.47 Å². The van der Waals surface area contributed by atoms with Crippen molar-refractivity contribution in [3.05, 3.63) is 70.8 Å². The van der Waals surface area contributed by atoms with Crippen molar-refractivity contribution in [1.29, 1.82) is 0 Å². The van der Waals surface area contributed by atoms with Crippen molar-refractivity contribution < 1.29 is 19.1 Å². The van der Waals surface area contributed by atoms with Crippen LogP contribution in [0.3, 0.4) is 0 Å². The quantitative estimate of drug-likeness (QED) is 0.425. The van der Waals surface area contributed by atoms with Gasteiger partial charge in [0.05, 0.1) is 11.8 Å². The summed E-state index contributed by atoms with van der Waals surface area (Å²) >= 11 is 0. The van der Waals surface area contributed by atoms with E-state index in [4.69, 9.17) is 9.47 Å². The topological polar surface area (TPSA) is 52.6 Å². The minimum absolute atomic E-state index is 0.0231. The molecule has 1 saturated carbocycles. The number of rotatable bonds is 4. The molecule has 0 saturated heterocycles. The van der Waals surface area contributed by atoms with Crippen LogP contribution in [-0.4, -0.2) is 11.9 Å². The fourth-order valence-electron chi connectivity index (χ4n) is 4.65. The van der Waals surface area contributed by atoms with Crippen molar-refractivity contribution in [3.63, 3.8) is 0 Å². The van der Waals surface area contributed by atoms with Crippen LogP contribution in [0.4, 0.5) is 0 Å². The second-order valence-corrected chi connectivity index (χ2v) is 8.38. The van der Waals surface area contributed by atoms with Gasteiger partial charge in [0.2, 0.25) is 0 Å². The molecule has 2 aromatic rings. The first-order valence-corrected chi connectivity index (χ1v) is 10.1. The number of esters is 2. The summed E-state index contributed by atoms with van der Waals surface area (Å²) in [5, 5.41) is 0. The zero-order chi connectivity index (χ0) is 20.7. The predicted octanol–water partition coefficient (Wildman–Crippen LogP) is 4.87. The normalized spacial score (nSPS) is 24.6. The first-order valence-electron chi connectivity index (χ1n) is 10.1. The molecule has 4 nitrogen and oxygen atoms in total. The molecule has 0 radical (unpaired) electrons. The van der Waals surface area contributed by atoms with Gasteiger partial charge in [0.25, 0.3) is 0 Å². The molecule has 0 aromatic heterocycles. The second-order valence-electron chi connectivity index (χ2n) is 8.38. The van der Waals surface area contributed by atoms with Gasteiger partial charge in [-0.2, -0.15) is 0 Å². The molecule has 0 amide bonds. The lowest BCUT2D eigenvalue weighted by molar-refractivity contribution is -0.151. The average Bonchev–Trinajstić information content (AvgIpc) is 3.27. The fraction of sp³-hybridized carbons (Fsp3) is 0.360. The van der Waals surface area contributed by atoms with Crippen LogP contribution in [0, 0.1) is 51.4 Å². The van der Waals surface area contributed by atoms with E-state index in [2.05, 4.69) is 0 Å². The molecule has 1 fully saturated rings. The molecule has 2 aromatic carbocycles. The third kappa shape index (κ3) is 3.71. The van der Waals surface area contributed by atoms with E-state index in [1.807, 2.05) is 76.2 Å². The van der Waals surface area contributed by atoms with Crippen LogP contribution in [0.25, 0.3) is 0 Å². The van der Waals surface area contributed by atoms with Crippen LogP contribution >= 0.6 is 0 Å². The van der Waals surface area contributed by atoms with E-state index in [1.54, 1.807) is 0 Å². The molecule has 2 bridgehead atoms. The highest BCUT2D eigenvalue weighted by molar-refractivity contribution is 5.86. The smallest absolute Gasteiger partial charge is 0.315 e. The summed E-state index contributed by atoms with van der Waals surface area (Å²) in [6.07, 6.45) is 4.87. The first-order chi connectivity index (χ1) is 13.8. The summed E-state index contributed by atoms with van der Waals surface area (Å²) in [5.41, 5.74) is 4.04. The van der Waals surface area contributed by atoms with E-state index in [0.29, 0.717) is 11.5 Å². The Morgan fingerprint density at radius 1 is 0.724 bits per heavy atom. The molecule has 4 rings (SSSR count). The monoisotopic (exact) mass is 390 g/mol. The Morgan fingerprint density at radius 2 is 1.14 bits per heavy atom. The van der Waals surface area contributed by atoms with Gasteiger partial charge in [-0.25, -0.2) is 0 Å². The molecule has 0 spiro atoms. The van der Waals surface area contributed by atoms with Gasteiger partial charge in [0.15, 0.2) is 0 Å². The largest absolute Gasteiger partial charge is 0.426 e. The molecule has 29 heavy (non-hydrogen) atoms. The molecule has 4 heteroatoms. The van der Waals surface area contributed by atoms with E-state index in [1.165, 1.54) is 0 Å². The van der Waals surface area contributed by atoms with Crippen molar-refractivity contribution in [2.45, 2.75) is 34.1 Å². The van der Waals surface area contributed by atoms with Crippen LogP contribution in [-0.2, 0) is 9.59 Å². The molecule has 0 aliphatic heterocycles. The molecule has 0 heterocycles. The third-order valence-electron chi connectivity index (χ3n) is 6.09. The SMILES string of the molecule is Cc1ccc(OC(=O)C2C3C=CC(C3)C2C(=O)Oc2ccc(C)cc2C)c(C)c1. The van der Waals surface area contributed by atoms with Crippen LogP contribution in [0.15, 0.2) is 48.6 Å². The maximum absolute atomic E-state index is 13.1. The Kier molecular flexibility index (Phi) is 5.03. The molecule has 4 unspecified atom stereocenters. The molecule has 0 N–H and O–H groups in total. The van der Waals surface area contributed by atoms with E-state index in [-0.39, 0.29) is 23.8 Å². The number of allylic oxidation sites excluding steroid dienone is 2. The zero-order valence-corrected chi connectivity index (χ0v) is 17.3. The summed E-state index contributed by atoms with van der Waals surface area (Å²) in [6.45, 7) is 7.83. The number of carbonyl (C=O) groups is 2. The lowest BCUT2D eigenvalue weighted by Crippen LogP contribution is -2.37. The highest BCUT2D eigenvalue weighted by Crippen LogP contribution is 2.49. The van der Waals surface area contributed by atoms with Crippen LogP contribution in [0.5, 0.6) is 11.5 Å². The van der Waals surface area contributed by atoms with Gasteiger partial charge < -0.3 is 9.47 Å². The number of hydrogen-bond donors (Lipinski definition) is 0. The number of aryl methyl sites for hydroxylation is 4.